The number of rotatable bonds is 6. The minimum absolute atomic E-state index is 0.0107. The van der Waals surface area contributed by atoms with Crippen LogP contribution in [-0.4, -0.2) is 29.8 Å². The lowest BCUT2D eigenvalue weighted by Gasteiger charge is -2.27. The van der Waals surface area contributed by atoms with E-state index in [-0.39, 0.29) is 18.0 Å². The van der Waals surface area contributed by atoms with Crippen LogP contribution in [0.15, 0.2) is 71.3 Å². The Morgan fingerprint density at radius 3 is 2.17 bits per heavy atom. The number of nitriles is 1. The highest BCUT2D eigenvalue weighted by atomic mass is 16.2. The maximum absolute atomic E-state index is 13.2. The number of carbonyl (C=O) groups is 2. The Kier molecular flexibility index (Phi) is 6.48. The first-order valence-electron chi connectivity index (χ1n) is 10.1. The summed E-state index contributed by atoms with van der Waals surface area (Å²) in [7, 11) is 0. The van der Waals surface area contributed by atoms with Gasteiger partial charge in [-0.3, -0.25) is 14.5 Å². The Morgan fingerprint density at radius 2 is 1.60 bits per heavy atom. The van der Waals surface area contributed by atoms with Gasteiger partial charge in [-0.2, -0.15) is 5.26 Å². The molecule has 3 rings (SSSR count). The molecule has 0 N–H and O–H groups in total. The van der Waals surface area contributed by atoms with Gasteiger partial charge in [0.2, 0.25) is 0 Å². The van der Waals surface area contributed by atoms with Crippen molar-refractivity contribution >= 4 is 23.6 Å². The van der Waals surface area contributed by atoms with Crippen molar-refractivity contribution in [2.24, 2.45) is 0 Å². The van der Waals surface area contributed by atoms with Gasteiger partial charge in [0.25, 0.3) is 11.8 Å². The molecule has 0 spiro atoms. The standard InChI is InChI=1S/C25H25N3O2/c1-4-27(5-2)21-13-11-19(12-14-21)15-22-18(3)23(16-26)25(30)28(24(22)29)17-20-9-7-6-8-10-20/h6-15H,4-5,17H2,1-3H3/b22-15+. The number of anilines is 1. The van der Waals surface area contributed by atoms with Gasteiger partial charge in [0.1, 0.15) is 11.6 Å². The van der Waals surface area contributed by atoms with Crippen LogP contribution in [0, 0.1) is 11.3 Å². The maximum atomic E-state index is 13.2. The Balaban J connectivity index is 1.98. The first-order valence-corrected chi connectivity index (χ1v) is 10.1. The summed E-state index contributed by atoms with van der Waals surface area (Å²) < 4.78 is 0. The van der Waals surface area contributed by atoms with E-state index in [1.807, 2.05) is 60.7 Å². The van der Waals surface area contributed by atoms with Gasteiger partial charge in [-0.1, -0.05) is 42.5 Å². The van der Waals surface area contributed by atoms with Crippen molar-refractivity contribution < 1.29 is 9.59 Å². The van der Waals surface area contributed by atoms with E-state index < -0.39 is 5.91 Å². The molecule has 1 aliphatic heterocycles. The molecule has 5 nitrogen and oxygen atoms in total. The quantitative estimate of drug-likeness (QED) is 0.536. The van der Waals surface area contributed by atoms with Crippen molar-refractivity contribution in [3.8, 4) is 6.07 Å². The largest absolute Gasteiger partial charge is 0.372 e. The van der Waals surface area contributed by atoms with E-state index in [0.717, 1.165) is 34.8 Å². The monoisotopic (exact) mass is 399 g/mol. The summed E-state index contributed by atoms with van der Waals surface area (Å²) in [6, 6.07) is 19.2. The SMILES string of the molecule is CCN(CC)c1ccc(/C=C2/C(=O)N(Cc3ccccc3)C(=O)C(C#N)=C2C)cc1. The lowest BCUT2D eigenvalue weighted by atomic mass is 9.93. The van der Waals surface area contributed by atoms with E-state index in [4.69, 9.17) is 0 Å². The molecule has 0 fully saturated rings. The van der Waals surface area contributed by atoms with Crippen LogP contribution in [0.4, 0.5) is 5.69 Å². The fraction of sp³-hybridized carbons (Fsp3) is 0.240. The lowest BCUT2D eigenvalue weighted by Crippen LogP contribution is -2.42. The number of imide groups is 1. The summed E-state index contributed by atoms with van der Waals surface area (Å²) in [5, 5.41) is 9.54. The third-order valence-electron chi connectivity index (χ3n) is 5.34. The van der Waals surface area contributed by atoms with Crippen LogP contribution in [0.25, 0.3) is 6.08 Å². The predicted molar refractivity (Wildman–Crippen MR) is 118 cm³/mol. The normalized spacial score (nSPS) is 15.5. The third kappa shape index (κ3) is 4.18. The summed E-state index contributed by atoms with van der Waals surface area (Å²) in [6.07, 6.45) is 1.76. The second kappa shape index (κ2) is 9.23. The Morgan fingerprint density at radius 1 is 0.967 bits per heavy atom. The van der Waals surface area contributed by atoms with Crippen LogP contribution in [-0.2, 0) is 16.1 Å². The molecule has 2 amide bonds. The third-order valence-corrected chi connectivity index (χ3v) is 5.34. The van der Waals surface area contributed by atoms with Crippen molar-refractivity contribution in [1.29, 1.82) is 5.26 Å². The van der Waals surface area contributed by atoms with Crippen LogP contribution in [0.3, 0.4) is 0 Å². The molecular weight excluding hydrogens is 374 g/mol. The average Bonchev–Trinajstić information content (AvgIpc) is 2.77. The highest BCUT2D eigenvalue weighted by Gasteiger charge is 2.35. The summed E-state index contributed by atoms with van der Waals surface area (Å²) in [5.41, 5.74) is 3.60. The van der Waals surface area contributed by atoms with Gasteiger partial charge >= 0.3 is 0 Å². The van der Waals surface area contributed by atoms with Gasteiger partial charge in [-0.15, -0.1) is 0 Å². The highest BCUT2D eigenvalue weighted by molar-refractivity contribution is 6.19. The molecule has 0 aromatic heterocycles. The molecule has 0 unspecified atom stereocenters. The topological polar surface area (TPSA) is 64.4 Å². The summed E-state index contributed by atoms with van der Waals surface area (Å²) in [4.78, 5) is 29.3. The summed E-state index contributed by atoms with van der Waals surface area (Å²) in [5.74, 6) is -0.925. The molecule has 152 valence electrons. The zero-order valence-corrected chi connectivity index (χ0v) is 17.6. The minimum atomic E-state index is -0.544. The van der Waals surface area contributed by atoms with Crippen molar-refractivity contribution in [2.45, 2.75) is 27.3 Å². The first kappa shape index (κ1) is 21.1. The molecule has 0 radical (unpaired) electrons. The summed E-state index contributed by atoms with van der Waals surface area (Å²) >= 11 is 0. The molecule has 30 heavy (non-hydrogen) atoms. The van der Waals surface area contributed by atoms with E-state index in [1.54, 1.807) is 13.0 Å². The van der Waals surface area contributed by atoms with E-state index in [0.29, 0.717) is 11.1 Å². The fourth-order valence-electron chi connectivity index (χ4n) is 3.58. The van der Waals surface area contributed by atoms with E-state index >= 15 is 0 Å². The number of nitrogens with zero attached hydrogens (tertiary/aromatic N) is 3. The molecule has 0 aliphatic carbocycles. The fourth-order valence-corrected chi connectivity index (χ4v) is 3.58. The van der Waals surface area contributed by atoms with Gasteiger partial charge in [-0.25, -0.2) is 0 Å². The molecule has 1 heterocycles. The summed E-state index contributed by atoms with van der Waals surface area (Å²) in [6.45, 7) is 7.84. The van der Waals surface area contributed by atoms with Crippen molar-refractivity contribution in [3.63, 3.8) is 0 Å². The highest BCUT2D eigenvalue weighted by Crippen LogP contribution is 2.28. The van der Waals surface area contributed by atoms with Gasteiger partial charge in [0, 0.05) is 24.4 Å². The van der Waals surface area contributed by atoms with E-state index in [9.17, 15) is 14.9 Å². The smallest absolute Gasteiger partial charge is 0.271 e. The molecular formula is C25H25N3O2. The molecule has 5 heteroatoms. The average molecular weight is 399 g/mol. The van der Waals surface area contributed by atoms with E-state index in [2.05, 4.69) is 18.7 Å². The van der Waals surface area contributed by atoms with Crippen molar-refractivity contribution in [1.82, 2.24) is 4.90 Å². The van der Waals surface area contributed by atoms with Gasteiger partial charge in [0.15, 0.2) is 0 Å². The zero-order valence-electron chi connectivity index (χ0n) is 17.6. The van der Waals surface area contributed by atoms with Crippen molar-refractivity contribution in [2.75, 3.05) is 18.0 Å². The molecule has 0 saturated heterocycles. The molecule has 0 atom stereocenters. The Labute approximate surface area is 177 Å². The number of amides is 2. The van der Waals surface area contributed by atoms with Crippen LogP contribution in [0.5, 0.6) is 0 Å². The predicted octanol–water partition coefficient (Wildman–Crippen LogP) is 4.33. The van der Waals surface area contributed by atoms with Crippen LogP contribution >= 0.6 is 0 Å². The van der Waals surface area contributed by atoms with Gasteiger partial charge < -0.3 is 4.90 Å². The van der Waals surface area contributed by atoms with Crippen LogP contribution in [0.1, 0.15) is 31.9 Å². The number of hydrogen-bond acceptors (Lipinski definition) is 4. The number of hydrogen-bond donors (Lipinski definition) is 0. The number of carbonyl (C=O) groups excluding carboxylic acids is 2. The van der Waals surface area contributed by atoms with Gasteiger partial charge in [-0.05, 0) is 55.7 Å². The maximum Gasteiger partial charge on any atom is 0.271 e. The van der Waals surface area contributed by atoms with E-state index in [1.165, 1.54) is 0 Å². The van der Waals surface area contributed by atoms with Crippen LogP contribution < -0.4 is 4.90 Å². The van der Waals surface area contributed by atoms with Crippen molar-refractivity contribution in [3.05, 3.63) is 82.4 Å². The second-order valence-corrected chi connectivity index (χ2v) is 7.12. The molecule has 0 bridgehead atoms. The number of benzene rings is 2. The minimum Gasteiger partial charge on any atom is -0.372 e. The zero-order chi connectivity index (χ0) is 21.7. The Bertz CT molecular complexity index is 1040. The second-order valence-electron chi connectivity index (χ2n) is 7.12. The Hall–Kier alpha value is -3.65. The lowest BCUT2D eigenvalue weighted by molar-refractivity contribution is -0.141. The molecule has 1 aliphatic rings. The first-order chi connectivity index (χ1) is 14.5. The molecule has 0 saturated carbocycles. The van der Waals surface area contributed by atoms with Crippen LogP contribution in [0.2, 0.25) is 0 Å². The molecule has 2 aromatic rings. The molecule has 2 aromatic carbocycles. The van der Waals surface area contributed by atoms with Gasteiger partial charge in [0.05, 0.1) is 6.54 Å².